The van der Waals surface area contributed by atoms with Crippen LogP contribution in [-0.4, -0.2) is 29.3 Å². The molecule has 0 saturated heterocycles. The molecule has 0 aliphatic heterocycles. The van der Waals surface area contributed by atoms with Crippen molar-refractivity contribution in [2.75, 3.05) is 6.54 Å². The first-order valence-corrected chi connectivity index (χ1v) is 10.2. The summed E-state index contributed by atoms with van der Waals surface area (Å²) in [4.78, 5) is 39.6. The van der Waals surface area contributed by atoms with Gasteiger partial charge in [-0.3, -0.25) is 14.4 Å². The van der Waals surface area contributed by atoms with Crippen molar-refractivity contribution in [1.29, 1.82) is 0 Å². The van der Waals surface area contributed by atoms with Crippen LogP contribution in [0.3, 0.4) is 0 Å². The van der Waals surface area contributed by atoms with Crippen LogP contribution < -0.4 is 16.4 Å². The maximum atomic E-state index is 12.4. The Hall–Kier alpha value is -3.98. The van der Waals surface area contributed by atoms with Gasteiger partial charge < -0.3 is 20.8 Å². The Kier molecular flexibility index (Phi) is 5.76. The predicted octanol–water partition coefficient (Wildman–Crippen LogP) is 2.70. The third kappa shape index (κ3) is 4.78. The van der Waals surface area contributed by atoms with Crippen molar-refractivity contribution in [1.82, 2.24) is 15.6 Å². The number of nitrogens with zero attached hydrogens (tertiary/aromatic N) is 1. The number of aromatic nitrogens is 1. The minimum absolute atomic E-state index is 0.191. The summed E-state index contributed by atoms with van der Waals surface area (Å²) >= 11 is 1.50. The highest BCUT2D eigenvalue weighted by Gasteiger charge is 2.15. The number of furan rings is 1. The molecule has 2 aromatic heterocycles. The summed E-state index contributed by atoms with van der Waals surface area (Å²) < 4.78 is 6.74. The van der Waals surface area contributed by atoms with Gasteiger partial charge in [-0.05, 0) is 42.0 Å². The zero-order valence-corrected chi connectivity index (χ0v) is 17.1. The summed E-state index contributed by atoms with van der Waals surface area (Å²) in [5.41, 5.74) is 7.09. The van der Waals surface area contributed by atoms with Gasteiger partial charge in [0.2, 0.25) is 5.91 Å². The van der Waals surface area contributed by atoms with Gasteiger partial charge in [-0.15, -0.1) is 11.3 Å². The van der Waals surface area contributed by atoms with Crippen molar-refractivity contribution in [3.8, 4) is 10.8 Å². The lowest BCUT2D eigenvalue weighted by Crippen LogP contribution is -2.33. The largest absolute Gasteiger partial charge is 0.448 e. The summed E-state index contributed by atoms with van der Waals surface area (Å²) in [5, 5.41) is 5.91. The number of para-hydroxylation sites is 1. The van der Waals surface area contributed by atoms with E-state index in [1.165, 1.54) is 11.3 Å². The molecule has 31 heavy (non-hydrogen) atoms. The number of primary amides is 1. The third-order valence-corrected chi connectivity index (χ3v) is 5.48. The van der Waals surface area contributed by atoms with Crippen molar-refractivity contribution in [2.45, 2.75) is 6.54 Å². The van der Waals surface area contributed by atoms with Gasteiger partial charge in [0.15, 0.2) is 16.5 Å². The second-order valence-corrected chi connectivity index (χ2v) is 7.71. The van der Waals surface area contributed by atoms with Gasteiger partial charge in [-0.2, -0.15) is 0 Å². The van der Waals surface area contributed by atoms with Crippen LogP contribution in [0.4, 0.5) is 0 Å². The quantitative estimate of drug-likeness (QED) is 0.412. The third-order valence-electron chi connectivity index (χ3n) is 4.43. The van der Waals surface area contributed by atoms with Crippen LogP contribution in [0.25, 0.3) is 21.0 Å². The van der Waals surface area contributed by atoms with Crippen LogP contribution in [0.5, 0.6) is 0 Å². The normalized spacial score (nSPS) is 10.7. The highest BCUT2D eigenvalue weighted by atomic mass is 32.1. The smallest absolute Gasteiger partial charge is 0.287 e. The van der Waals surface area contributed by atoms with E-state index < -0.39 is 11.8 Å². The predicted molar refractivity (Wildman–Crippen MR) is 116 cm³/mol. The van der Waals surface area contributed by atoms with Crippen LogP contribution in [0, 0.1) is 0 Å². The van der Waals surface area contributed by atoms with E-state index in [-0.39, 0.29) is 24.8 Å². The molecule has 0 spiro atoms. The molecule has 2 aromatic carbocycles. The first-order chi connectivity index (χ1) is 15.0. The van der Waals surface area contributed by atoms with Crippen LogP contribution in [0.15, 0.2) is 65.1 Å². The highest BCUT2D eigenvalue weighted by Crippen LogP contribution is 2.31. The number of carbonyl (C=O) groups excluding carboxylic acids is 3. The molecule has 9 heteroatoms. The summed E-state index contributed by atoms with van der Waals surface area (Å²) in [6, 6.07) is 17.8. The van der Waals surface area contributed by atoms with Crippen molar-refractivity contribution in [2.24, 2.45) is 5.73 Å². The number of fused-ring (bicyclic) bond motifs is 1. The highest BCUT2D eigenvalue weighted by molar-refractivity contribution is 7.21. The molecule has 0 aliphatic carbocycles. The van der Waals surface area contributed by atoms with Gasteiger partial charge in [-0.25, -0.2) is 4.98 Å². The molecule has 0 unspecified atom stereocenters. The Morgan fingerprint density at radius 1 is 0.935 bits per heavy atom. The average Bonchev–Trinajstić information content (AvgIpc) is 3.43. The molecule has 8 nitrogen and oxygen atoms in total. The summed E-state index contributed by atoms with van der Waals surface area (Å²) in [6.45, 7) is 0.0397. The zero-order valence-electron chi connectivity index (χ0n) is 16.3. The number of thiazole rings is 1. The summed E-state index contributed by atoms with van der Waals surface area (Å²) in [7, 11) is 0. The number of hydrogen-bond acceptors (Lipinski definition) is 6. The van der Waals surface area contributed by atoms with Gasteiger partial charge in [0.25, 0.3) is 11.8 Å². The van der Waals surface area contributed by atoms with E-state index in [9.17, 15) is 14.4 Å². The number of hydrogen-bond donors (Lipinski definition) is 3. The number of rotatable bonds is 7. The number of carbonyl (C=O) groups is 3. The molecule has 2 heterocycles. The lowest BCUT2D eigenvalue weighted by Gasteiger charge is -2.06. The van der Waals surface area contributed by atoms with E-state index in [1.807, 2.05) is 24.3 Å². The number of amides is 3. The first kappa shape index (κ1) is 20.3. The van der Waals surface area contributed by atoms with Crippen LogP contribution in [0.1, 0.15) is 26.5 Å². The fourth-order valence-corrected chi connectivity index (χ4v) is 3.79. The van der Waals surface area contributed by atoms with E-state index in [2.05, 4.69) is 15.6 Å². The second kappa shape index (κ2) is 8.80. The molecule has 0 radical (unpaired) electrons. The molecular formula is C22H18N4O4S. The average molecular weight is 434 g/mol. The second-order valence-electron chi connectivity index (χ2n) is 6.68. The van der Waals surface area contributed by atoms with E-state index in [1.54, 1.807) is 36.4 Å². The maximum absolute atomic E-state index is 12.4. The monoisotopic (exact) mass is 434 g/mol. The number of nitrogens with one attached hydrogen (secondary N) is 2. The van der Waals surface area contributed by atoms with Gasteiger partial charge in [0.1, 0.15) is 0 Å². The standard InChI is InChI=1S/C22H18N4O4S/c23-19(27)12-25-20(28)14-7-5-13(6-8-14)11-24-21(29)16-9-10-17(30-16)22-26-15-3-1-2-4-18(15)31-22/h1-10H,11-12H2,(H2,23,27)(H,24,29)(H,25,28). The van der Waals surface area contributed by atoms with Gasteiger partial charge in [0.05, 0.1) is 16.8 Å². The number of benzene rings is 2. The Bertz CT molecular complexity index is 1230. The van der Waals surface area contributed by atoms with E-state index >= 15 is 0 Å². The fourth-order valence-electron chi connectivity index (χ4n) is 2.87. The molecule has 156 valence electrons. The topological polar surface area (TPSA) is 127 Å². The molecule has 0 bridgehead atoms. The SMILES string of the molecule is NC(=O)CNC(=O)c1ccc(CNC(=O)c2ccc(-c3nc4ccccc4s3)o2)cc1. The molecule has 4 aromatic rings. The first-order valence-electron chi connectivity index (χ1n) is 9.39. The minimum atomic E-state index is -0.614. The van der Waals surface area contributed by atoms with Crippen LogP contribution >= 0.6 is 11.3 Å². The van der Waals surface area contributed by atoms with E-state index in [0.717, 1.165) is 15.8 Å². The van der Waals surface area contributed by atoms with E-state index in [4.69, 9.17) is 10.2 Å². The zero-order chi connectivity index (χ0) is 21.8. The minimum Gasteiger partial charge on any atom is -0.448 e. The molecule has 0 fully saturated rings. The van der Waals surface area contributed by atoms with Gasteiger partial charge in [-0.1, -0.05) is 24.3 Å². The molecule has 0 saturated carbocycles. The van der Waals surface area contributed by atoms with Crippen molar-refractivity contribution in [3.63, 3.8) is 0 Å². The summed E-state index contributed by atoms with van der Waals surface area (Å²) in [6.07, 6.45) is 0. The van der Waals surface area contributed by atoms with Crippen molar-refractivity contribution >= 4 is 39.3 Å². The van der Waals surface area contributed by atoms with Crippen LogP contribution in [-0.2, 0) is 11.3 Å². The lowest BCUT2D eigenvalue weighted by atomic mass is 10.1. The molecular weight excluding hydrogens is 416 g/mol. The van der Waals surface area contributed by atoms with Crippen molar-refractivity contribution in [3.05, 3.63) is 77.6 Å². The Morgan fingerprint density at radius 2 is 1.71 bits per heavy atom. The fraction of sp³-hybridized carbons (Fsp3) is 0.0909. The number of nitrogens with two attached hydrogens (primary N) is 1. The van der Waals surface area contributed by atoms with E-state index in [0.29, 0.717) is 16.3 Å². The lowest BCUT2D eigenvalue weighted by molar-refractivity contribution is -0.117. The molecule has 0 aliphatic rings. The Morgan fingerprint density at radius 3 is 2.45 bits per heavy atom. The summed E-state index contributed by atoms with van der Waals surface area (Å²) in [5.74, 6) is -0.630. The van der Waals surface area contributed by atoms with Crippen LogP contribution in [0.2, 0.25) is 0 Å². The molecule has 3 amide bonds. The van der Waals surface area contributed by atoms with Crippen molar-refractivity contribution < 1.29 is 18.8 Å². The van der Waals surface area contributed by atoms with Gasteiger partial charge >= 0.3 is 0 Å². The Balaban J connectivity index is 1.36. The molecule has 4 rings (SSSR count). The van der Waals surface area contributed by atoms with Gasteiger partial charge in [0, 0.05) is 12.1 Å². The Labute approximate surface area is 181 Å². The molecule has 0 atom stereocenters. The maximum Gasteiger partial charge on any atom is 0.287 e. The molecule has 4 N–H and O–H groups in total.